The monoisotopic (exact) mass is 268 g/mol. The summed E-state index contributed by atoms with van der Waals surface area (Å²) in [5.74, 6) is 1.51. The Kier molecular flexibility index (Phi) is 5.30. The topological polar surface area (TPSA) is 77.4 Å². The zero-order valence-corrected chi connectivity index (χ0v) is 11.8. The smallest absolute Gasteiger partial charge is 0.232 e. The summed E-state index contributed by atoms with van der Waals surface area (Å²) in [5, 5.41) is 4.02. The minimum atomic E-state index is -0.193. The summed E-state index contributed by atoms with van der Waals surface area (Å²) in [5.41, 5.74) is 6.13. The number of aromatic nitrogens is 2. The third-order valence-corrected chi connectivity index (χ3v) is 3.65. The predicted molar refractivity (Wildman–Crippen MR) is 71.8 cm³/mol. The molecule has 19 heavy (non-hydrogen) atoms. The number of hydrogen-bond donors (Lipinski definition) is 1. The van der Waals surface area contributed by atoms with Gasteiger partial charge in [0.15, 0.2) is 5.82 Å². The van der Waals surface area contributed by atoms with Crippen LogP contribution in [0.15, 0.2) is 4.52 Å². The molecule has 2 rings (SSSR count). The number of rotatable bonds is 6. The van der Waals surface area contributed by atoms with Crippen LogP contribution < -0.4 is 5.73 Å². The van der Waals surface area contributed by atoms with E-state index >= 15 is 0 Å². The number of nitrogens with zero attached hydrogens (tertiary/aromatic N) is 3. The molecule has 1 saturated heterocycles. The highest BCUT2D eigenvalue weighted by molar-refractivity contribution is 4.99. The van der Waals surface area contributed by atoms with Crippen LogP contribution >= 0.6 is 0 Å². The molecule has 1 aromatic rings. The molecule has 1 aliphatic rings. The SMILES string of the molecule is CCN(CC)CC(N)c1noc(C2CCCOC2)n1. The molecule has 0 aliphatic carbocycles. The van der Waals surface area contributed by atoms with Gasteiger partial charge in [0, 0.05) is 13.2 Å². The van der Waals surface area contributed by atoms with Crippen LogP contribution in [0.1, 0.15) is 50.4 Å². The van der Waals surface area contributed by atoms with E-state index in [2.05, 4.69) is 28.9 Å². The van der Waals surface area contributed by atoms with Crippen LogP contribution in [-0.2, 0) is 4.74 Å². The van der Waals surface area contributed by atoms with Crippen molar-refractivity contribution in [1.29, 1.82) is 0 Å². The van der Waals surface area contributed by atoms with E-state index < -0.39 is 0 Å². The molecule has 0 aromatic carbocycles. The first kappa shape index (κ1) is 14.4. The first-order valence-corrected chi connectivity index (χ1v) is 7.13. The van der Waals surface area contributed by atoms with Crippen molar-refractivity contribution in [3.05, 3.63) is 11.7 Å². The zero-order chi connectivity index (χ0) is 13.7. The van der Waals surface area contributed by atoms with Gasteiger partial charge in [0.25, 0.3) is 0 Å². The van der Waals surface area contributed by atoms with Gasteiger partial charge in [-0.05, 0) is 25.9 Å². The molecular weight excluding hydrogens is 244 g/mol. The van der Waals surface area contributed by atoms with Gasteiger partial charge in [0.2, 0.25) is 5.89 Å². The predicted octanol–water partition coefficient (Wildman–Crippen LogP) is 1.31. The van der Waals surface area contributed by atoms with E-state index in [1.165, 1.54) is 0 Å². The summed E-state index contributed by atoms with van der Waals surface area (Å²) < 4.78 is 10.8. The Labute approximate surface area is 114 Å². The molecule has 0 spiro atoms. The van der Waals surface area contributed by atoms with Crippen LogP contribution in [0.4, 0.5) is 0 Å². The second kappa shape index (κ2) is 6.98. The van der Waals surface area contributed by atoms with Crippen molar-refractivity contribution in [1.82, 2.24) is 15.0 Å². The average molecular weight is 268 g/mol. The Balaban J connectivity index is 1.95. The highest BCUT2D eigenvalue weighted by atomic mass is 16.5. The number of ether oxygens (including phenoxy) is 1. The Morgan fingerprint density at radius 1 is 1.42 bits per heavy atom. The van der Waals surface area contributed by atoms with E-state index in [0.29, 0.717) is 18.3 Å². The van der Waals surface area contributed by atoms with E-state index in [9.17, 15) is 0 Å². The number of nitrogens with two attached hydrogens (primary N) is 1. The van der Waals surface area contributed by atoms with Gasteiger partial charge in [-0.25, -0.2) is 0 Å². The van der Waals surface area contributed by atoms with Gasteiger partial charge in [0.1, 0.15) is 0 Å². The molecule has 108 valence electrons. The van der Waals surface area contributed by atoms with Gasteiger partial charge in [-0.2, -0.15) is 4.98 Å². The Morgan fingerprint density at radius 2 is 2.21 bits per heavy atom. The Hall–Kier alpha value is -0.980. The lowest BCUT2D eigenvalue weighted by atomic mass is 10.0. The summed E-state index contributed by atoms with van der Waals surface area (Å²) >= 11 is 0. The van der Waals surface area contributed by atoms with Crippen LogP contribution in [-0.4, -0.2) is 47.9 Å². The van der Waals surface area contributed by atoms with Crippen LogP contribution in [0.3, 0.4) is 0 Å². The molecule has 0 bridgehead atoms. The summed E-state index contributed by atoms with van der Waals surface area (Å²) in [6.07, 6.45) is 2.10. The summed E-state index contributed by atoms with van der Waals surface area (Å²) in [6.45, 7) is 8.46. The molecule has 0 amide bonds. The van der Waals surface area contributed by atoms with Gasteiger partial charge >= 0.3 is 0 Å². The molecule has 2 unspecified atom stereocenters. The standard InChI is InChI=1S/C13H24N4O2/c1-3-17(4-2)8-11(14)12-15-13(19-16-12)10-6-5-7-18-9-10/h10-11H,3-9,14H2,1-2H3. The maximum Gasteiger partial charge on any atom is 0.232 e. The minimum Gasteiger partial charge on any atom is -0.381 e. The highest BCUT2D eigenvalue weighted by Crippen LogP contribution is 2.24. The van der Waals surface area contributed by atoms with Gasteiger partial charge in [-0.15, -0.1) is 0 Å². The Morgan fingerprint density at radius 3 is 2.84 bits per heavy atom. The van der Waals surface area contributed by atoms with E-state index in [-0.39, 0.29) is 12.0 Å². The first-order chi connectivity index (χ1) is 9.24. The van der Waals surface area contributed by atoms with Crippen LogP contribution in [0, 0.1) is 0 Å². The normalized spacial score (nSPS) is 21.8. The van der Waals surface area contributed by atoms with Crippen molar-refractivity contribution in [3.63, 3.8) is 0 Å². The molecule has 2 atom stereocenters. The lowest BCUT2D eigenvalue weighted by Crippen LogP contribution is -2.32. The molecule has 6 nitrogen and oxygen atoms in total. The van der Waals surface area contributed by atoms with Crippen molar-refractivity contribution in [2.75, 3.05) is 32.8 Å². The molecule has 1 aromatic heterocycles. The lowest BCUT2D eigenvalue weighted by Gasteiger charge is -2.20. The molecule has 0 radical (unpaired) electrons. The van der Waals surface area contributed by atoms with E-state index in [0.717, 1.165) is 39.1 Å². The maximum absolute atomic E-state index is 6.13. The van der Waals surface area contributed by atoms with E-state index in [1.54, 1.807) is 0 Å². The van der Waals surface area contributed by atoms with Crippen molar-refractivity contribution in [2.45, 2.75) is 38.6 Å². The van der Waals surface area contributed by atoms with Crippen molar-refractivity contribution < 1.29 is 9.26 Å². The van der Waals surface area contributed by atoms with Crippen molar-refractivity contribution in [2.24, 2.45) is 5.73 Å². The zero-order valence-electron chi connectivity index (χ0n) is 11.8. The fourth-order valence-electron chi connectivity index (χ4n) is 2.34. The van der Waals surface area contributed by atoms with Crippen LogP contribution in [0.5, 0.6) is 0 Å². The van der Waals surface area contributed by atoms with E-state index in [4.69, 9.17) is 15.0 Å². The summed E-state index contributed by atoms with van der Waals surface area (Å²) in [7, 11) is 0. The number of likely N-dealkylation sites (N-methyl/N-ethyl adjacent to an activating group) is 1. The van der Waals surface area contributed by atoms with Crippen LogP contribution in [0.25, 0.3) is 0 Å². The number of hydrogen-bond acceptors (Lipinski definition) is 6. The van der Waals surface area contributed by atoms with Crippen molar-refractivity contribution in [3.8, 4) is 0 Å². The van der Waals surface area contributed by atoms with Crippen molar-refractivity contribution >= 4 is 0 Å². The third-order valence-electron chi connectivity index (χ3n) is 3.65. The molecule has 1 fully saturated rings. The highest BCUT2D eigenvalue weighted by Gasteiger charge is 2.24. The molecule has 1 aliphatic heterocycles. The molecule has 6 heteroatoms. The molecule has 0 saturated carbocycles. The third kappa shape index (κ3) is 3.75. The summed E-state index contributed by atoms with van der Waals surface area (Å²) in [4.78, 5) is 6.70. The molecular formula is C13H24N4O2. The molecule has 2 N–H and O–H groups in total. The maximum atomic E-state index is 6.13. The fraction of sp³-hybridized carbons (Fsp3) is 0.846. The second-order valence-corrected chi connectivity index (χ2v) is 5.00. The van der Waals surface area contributed by atoms with Gasteiger partial charge < -0.3 is 19.9 Å². The quantitative estimate of drug-likeness (QED) is 0.838. The fourth-order valence-corrected chi connectivity index (χ4v) is 2.34. The summed E-state index contributed by atoms with van der Waals surface area (Å²) in [6, 6.07) is -0.193. The average Bonchev–Trinajstić information content (AvgIpc) is 2.95. The second-order valence-electron chi connectivity index (χ2n) is 5.00. The van der Waals surface area contributed by atoms with E-state index in [1.807, 2.05) is 0 Å². The first-order valence-electron chi connectivity index (χ1n) is 7.13. The Bertz CT molecular complexity index is 372. The van der Waals surface area contributed by atoms with Gasteiger partial charge in [0.05, 0.1) is 18.6 Å². The largest absolute Gasteiger partial charge is 0.381 e. The lowest BCUT2D eigenvalue weighted by molar-refractivity contribution is 0.0705. The van der Waals surface area contributed by atoms with Gasteiger partial charge in [-0.3, -0.25) is 0 Å². The van der Waals surface area contributed by atoms with Gasteiger partial charge in [-0.1, -0.05) is 19.0 Å². The van der Waals surface area contributed by atoms with Crippen LogP contribution in [0.2, 0.25) is 0 Å². The molecule has 2 heterocycles. The minimum absolute atomic E-state index is 0.193.